The molecule has 24 heavy (non-hydrogen) atoms. The second-order valence-electron chi connectivity index (χ2n) is 5.51. The van der Waals surface area contributed by atoms with Gasteiger partial charge in [-0.2, -0.15) is 5.26 Å². The summed E-state index contributed by atoms with van der Waals surface area (Å²) >= 11 is 12.1. The van der Waals surface area contributed by atoms with Gasteiger partial charge in [0.2, 0.25) is 5.91 Å². The predicted octanol–water partition coefficient (Wildman–Crippen LogP) is 4.32. The Morgan fingerprint density at radius 3 is 2.50 bits per heavy atom. The first-order chi connectivity index (χ1) is 11.4. The van der Waals surface area contributed by atoms with Crippen molar-refractivity contribution in [2.24, 2.45) is 0 Å². The summed E-state index contributed by atoms with van der Waals surface area (Å²) < 4.78 is 0. The first-order valence-corrected chi connectivity index (χ1v) is 8.11. The molecule has 0 unspecified atom stereocenters. The van der Waals surface area contributed by atoms with Crippen LogP contribution < -0.4 is 5.32 Å². The predicted molar refractivity (Wildman–Crippen MR) is 97.2 cm³/mol. The Balaban J connectivity index is 1.99. The number of nitrogens with one attached hydrogen (secondary N) is 1. The molecule has 124 valence electrons. The number of anilines is 1. The molecule has 0 saturated heterocycles. The first kappa shape index (κ1) is 18.3. The molecule has 2 aromatic rings. The SMILES string of the molecule is C[C@H](C(=O)Nc1ccc(C#N)cc1)N(C)Cc1ccc(Cl)cc1Cl. The second kappa shape index (κ2) is 8.16. The van der Waals surface area contributed by atoms with Gasteiger partial charge in [-0.25, -0.2) is 0 Å². The highest BCUT2D eigenvalue weighted by Gasteiger charge is 2.19. The monoisotopic (exact) mass is 361 g/mol. The maximum Gasteiger partial charge on any atom is 0.241 e. The summed E-state index contributed by atoms with van der Waals surface area (Å²) in [5, 5.41) is 12.8. The van der Waals surface area contributed by atoms with E-state index in [1.54, 1.807) is 36.4 Å². The Morgan fingerprint density at radius 1 is 1.25 bits per heavy atom. The van der Waals surface area contributed by atoms with Crippen molar-refractivity contribution >= 4 is 34.8 Å². The number of hydrogen-bond donors (Lipinski definition) is 1. The zero-order chi connectivity index (χ0) is 17.7. The number of carbonyl (C=O) groups excluding carboxylic acids is 1. The van der Waals surface area contributed by atoms with E-state index in [4.69, 9.17) is 28.5 Å². The number of amides is 1. The quantitative estimate of drug-likeness (QED) is 0.862. The molecule has 0 fully saturated rings. The van der Waals surface area contributed by atoms with E-state index in [2.05, 4.69) is 5.32 Å². The van der Waals surface area contributed by atoms with Crippen molar-refractivity contribution in [3.05, 3.63) is 63.6 Å². The number of hydrogen-bond acceptors (Lipinski definition) is 3. The molecule has 2 aromatic carbocycles. The standard InChI is InChI=1S/C18H17Cl2N3O/c1-12(18(24)22-16-7-3-13(10-21)4-8-16)23(2)11-14-5-6-15(19)9-17(14)20/h3-9,12H,11H2,1-2H3,(H,22,24)/t12-/m1/s1. The number of likely N-dealkylation sites (N-methyl/N-ethyl adjacent to an activating group) is 1. The summed E-state index contributed by atoms with van der Waals surface area (Å²) in [5.74, 6) is -0.132. The number of carbonyl (C=O) groups is 1. The molecular weight excluding hydrogens is 345 g/mol. The Hall–Kier alpha value is -2.06. The van der Waals surface area contributed by atoms with Gasteiger partial charge in [0.1, 0.15) is 0 Å². The third kappa shape index (κ3) is 4.72. The van der Waals surface area contributed by atoms with Crippen LogP contribution in [0.15, 0.2) is 42.5 Å². The Morgan fingerprint density at radius 2 is 1.92 bits per heavy atom. The van der Waals surface area contributed by atoms with Gasteiger partial charge in [-0.15, -0.1) is 0 Å². The summed E-state index contributed by atoms with van der Waals surface area (Å²) in [6.07, 6.45) is 0. The van der Waals surface area contributed by atoms with Crippen LogP contribution in [0, 0.1) is 11.3 Å². The molecule has 0 spiro atoms. The molecule has 0 radical (unpaired) electrons. The van der Waals surface area contributed by atoms with Crippen LogP contribution in [0.2, 0.25) is 10.0 Å². The summed E-state index contributed by atoms with van der Waals surface area (Å²) in [6, 6.07) is 13.7. The molecular formula is C18H17Cl2N3O. The smallest absolute Gasteiger partial charge is 0.241 e. The molecule has 0 heterocycles. The van der Waals surface area contributed by atoms with Crippen molar-refractivity contribution in [1.29, 1.82) is 5.26 Å². The van der Waals surface area contributed by atoms with E-state index >= 15 is 0 Å². The molecule has 1 amide bonds. The molecule has 0 aromatic heterocycles. The van der Waals surface area contributed by atoms with Crippen LogP contribution in [0.5, 0.6) is 0 Å². The topological polar surface area (TPSA) is 56.1 Å². The lowest BCUT2D eigenvalue weighted by atomic mass is 10.1. The van der Waals surface area contributed by atoms with Crippen LogP contribution in [-0.4, -0.2) is 23.9 Å². The fraction of sp³-hybridized carbons (Fsp3) is 0.222. The van der Waals surface area contributed by atoms with E-state index < -0.39 is 0 Å². The zero-order valence-corrected chi connectivity index (χ0v) is 14.9. The highest BCUT2D eigenvalue weighted by molar-refractivity contribution is 6.35. The third-order valence-corrected chi connectivity index (χ3v) is 4.34. The van der Waals surface area contributed by atoms with Gasteiger partial charge in [0.15, 0.2) is 0 Å². The van der Waals surface area contributed by atoms with Gasteiger partial charge in [-0.1, -0.05) is 29.3 Å². The lowest BCUT2D eigenvalue weighted by Crippen LogP contribution is -2.39. The van der Waals surface area contributed by atoms with Gasteiger partial charge >= 0.3 is 0 Å². The van der Waals surface area contributed by atoms with Gasteiger partial charge in [0.05, 0.1) is 17.7 Å². The molecule has 2 rings (SSSR count). The van der Waals surface area contributed by atoms with Crippen molar-refractivity contribution in [1.82, 2.24) is 4.90 Å². The minimum Gasteiger partial charge on any atom is -0.325 e. The van der Waals surface area contributed by atoms with Crippen LogP contribution in [-0.2, 0) is 11.3 Å². The second-order valence-corrected chi connectivity index (χ2v) is 6.35. The van der Waals surface area contributed by atoms with Crippen molar-refractivity contribution in [2.75, 3.05) is 12.4 Å². The first-order valence-electron chi connectivity index (χ1n) is 7.36. The van der Waals surface area contributed by atoms with Crippen molar-refractivity contribution in [2.45, 2.75) is 19.5 Å². The third-order valence-electron chi connectivity index (χ3n) is 3.76. The minimum absolute atomic E-state index is 0.132. The van der Waals surface area contributed by atoms with Crippen LogP contribution >= 0.6 is 23.2 Å². The fourth-order valence-corrected chi connectivity index (χ4v) is 2.60. The Bertz CT molecular complexity index is 769. The molecule has 1 atom stereocenters. The maximum atomic E-state index is 12.4. The lowest BCUT2D eigenvalue weighted by Gasteiger charge is -2.24. The van der Waals surface area contributed by atoms with E-state index in [1.807, 2.05) is 31.0 Å². The molecule has 0 aliphatic carbocycles. The average molecular weight is 362 g/mol. The van der Waals surface area contributed by atoms with Crippen LogP contribution in [0.25, 0.3) is 0 Å². The van der Waals surface area contributed by atoms with E-state index in [-0.39, 0.29) is 11.9 Å². The van der Waals surface area contributed by atoms with E-state index in [0.717, 1.165) is 5.56 Å². The van der Waals surface area contributed by atoms with Gasteiger partial charge in [-0.3, -0.25) is 9.69 Å². The number of benzene rings is 2. The summed E-state index contributed by atoms with van der Waals surface area (Å²) in [4.78, 5) is 14.3. The van der Waals surface area contributed by atoms with Crippen molar-refractivity contribution < 1.29 is 4.79 Å². The van der Waals surface area contributed by atoms with Crippen molar-refractivity contribution in [3.63, 3.8) is 0 Å². The number of nitriles is 1. The number of rotatable bonds is 5. The largest absolute Gasteiger partial charge is 0.325 e. The molecule has 0 aliphatic rings. The average Bonchev–Trinajstić information content (AvgIpc) is 2.57. The highest BCUT2D eigenvalue weighted by Crippen LogP contribution is 2.22. The Kier molecular flexibility index (Phi) is 6.22. The molecule has 0 bridgehead atoms. The zero-order valence-electron chi connectivity index (χ0n) is 13.4. The van der Waals surface area contributed by atoms with E-state index in [0.29, 0.717) is 27.8 Å². The summed E-state index contributed by atoms with van der Waals surface area (Å²) in [5.41, 5.74) is 2.11. The molecule has 1 N–H and O–H groups in total. The summed E-state index contributed by atoms with van der Waals surface area (Å²) in [6.45, 7) is 2.35. The van der Waals surface area contributed by atoms with E-state index in [9.17, 15) is 4.79 Å². The van der Waals surface area contributed by atoms with Crippen LogP contribution in [0.4, 0.5) is 5.69 Å². The van der Waals surface area contributed by atoms with Gasteiger partial charge in [0.25, 0.3) is 0 Å². The minimum atomic E-state index is -0.354. The van der Waals surface area contributed by atoms with E-state index in [1.165, 1.54) is 0 Å². The van der Waals surface area contributed by atoms with Gasteiger partial charge in [-0.05, 0) is 55.9 Å². The maximum absolute atomic E-state index is 12.4. The molecule has 0 saturated carbocycles. The van der Waals surface area contributed by atoms with Gasteiger partial charge in [0, 0.05) is 22.3 Å². The number of nitrogens with zero attached hydrogens (tertiary/aromatic N) is 2. The normalized spacial score (nSPS) is 11.8. The van der Waals surface area contributed by atoms with Crippen LogP contribution in [0.3, 0.4) is 0 Å². The highest BCUT2D eigenvalue weighted by atomic mass is 35.5. The lowest BCUT2D eigenvalue weighted by molar-refractivity contribution is -0.120. The van der Waals surface area contributed by atoms with Gasteiger partial charge < -0.3 is 5.32 Å². The summed E-state index contributed by atoms with van der Waals surface area (Å²) in [7, 11) is 1.86. The molecule has 0 aliphatic heterocycles. The van der Waals surface area contributed by atoms with Crippen molar-refractivity contribution in [3.8, 4) is 6.07 Å². The molecule has 4 nitrogen and oxygen atoms in total. The fourth-order valence-electron chi connectivity index (χ4n) is 2.13. The molecule has 6 heteroatoms. The Labute approximate surface area is 151 Å². The number of halogens is 2. The van der Waals surface area contributed by atoms with Crippen LogP contribution in [0.1, 0.15) is 18.1 Å².